The molecule has 1 aromatic rings. The lowest BCUT2D eigenvalue weighted by molar-refractivity contribution is -0.127. The normalized spacial score (nSPS) is 22.6. The third kappa shape index (κ3) is 4.83. The zero-order valence-corrected chi connectivity index (χ0v) is 13.7. The van der Waals surface area contributed by atoms with Gasteiger partial charge in [-0.1, -0.05) is 31.0 Å². The molecule has 2 rings (SSSR count). The highest BCUT2D eigenvalue weighted by molar-refractivity contribution is 7.14. The highest BCUT2D eigenvalue weighted by Crippen LogP contribution is 2.27. The maximum Gasteiger partial charge on any atom is 0.246 e. The minimum atomic E-state index is -0.233. The smallest absolute Gasteiger partial charge is 0.246 e. The van der Waals surface area contributed by atoms with Crippen molar-refractivity contribution in [2.75, 3.05) is 6.54 Å². The minimum absolute atomic E-state index is 0.0731. The van der Waals surface area contributed by atoms with Crippen molar-refractivity contribution in [3.8, 4) is 0 Å². The van der Waals surface area contributed by atoms with Crippen molar-refractivity contribution in [2.24, 2.45) is 5.92 Å². The van der Waals surface area contributed by atoms with E-state index in [0.717, 1.165) is 42.0 Å². The Morgan fingerprint density at radius 1 is 1.52 bits per heavy atom. The monoisotopic (exact) mass is 327 g/mol. The van der Waals surface area contributed by atoms with Crippen LogP contribution in [0.4, 0.5) is 0 Å². The number of aliphatic hydroxyl groups excluding tert-OH is 1. The maximum absolute atomic E-state index is 12.1. The van der Waals surface area contributed by atoms with Gasteiger partial charge in [-0.25, -0.2) is 0 Å². The van der Waals surface area contributed by atoms with Gasteiger partial charge in [-0.3, -0.25) is 4.79 Å². The Bertz CT molecular complexity index is 488. The van der Waals surface area contributed by atoms with Crippen LogP contribution >= 0.6 is 22.9 Å². The summed E-state index contributed by atoms with van der Waals surface area (Å²) in [6.45, 7) is 4.76. The fourth-order valence-corrected chi connectivity index (χ4v) is 3.82. The standard InChI is InChI=1S/C16H22ClNO2S/c1-2-15(20)18(11-13-7-8-21-16(13)17)10-12-5-3-4-6-14(19)9-12/h2,7-8,12,14,19H,1,3-6,9-11H2. The molecule has 1 aliphatic carbocycles. The van der Waals surface area contributed by atoms with Crippen molar-refractivity contribution in [1.82, 2.24) is 4.90 Å². The van der Waals surface area contributed by atoms with Gasteiger partial charge >= 0.3 is 0 Å². The molecule has 0 aromatic carbocycles. The quantitative estimate of drug-likeness (QED) is 0.659. The zero-order valence-electron chi connectivity index (χ0n) is 12.1. The molecule has 1 saturated carbocycles. The fraction of sp³-hybridized carbons (Fsp3) is 0.562. The Hall–Kier alpha value is -0.840. The van der Waals surface area contributed by atoms with Crippen LogP contribution < -0.4 is 0 Å². The average molecular weight is 328 g/mol. The van der Waals surface area contributed by atoms with E-state index in [9.17, 15) is 9.90 Å². The van der Waals surface area contributed by atoms with E-state index in [2.05, 4.69) is 6.58 Å². The largest absolute Gasteiger partial charge is 0.393 e. The number of nitrogens with zero attached hydrogens (tertiary/aromatic N) is 1. The van der Waals surface area contributed by atoms with Crippen molar-refractivity contribution < 1.29 is 9.90 Å². The van der Waals surface area contributed by atoms with Crippen LogP contribution in [0.15, 0.2) is 24.1 Å². The first-order valence-corrected chi connectivity index (χ1v) is 8.67. The van der Waals surface area contributed by atoms with Crippen LogP contribution in [-0.4, -0.2) is 28.6 Å². The third-order valence-corrected chi connectivity index (χ3v) is 5.28. The summed E-state index contributed by atoms with van der Waals surface area (Å²) < 4.78 is 0.734. The third-order valence-electron chi connectivity index (χ3n) is 4.02. The molecule has 1 N–H and O–H groups in total. The molecule has 0 saturated heterocycles. The number of amides is 1. The molecule has 1 fully saturated rings. The minimum Gasteiger partial charge on any atom is -0.393 e. The van der Waals surface area contributed by atoms with Gasteiger partial charge < -0.3 is 10.0 Å². The van der Waals surface area contributed by atoms with Gasteiger partial charge in [-0.15, -0.1) is 11.3 Å². The van der Waals surface area contributed by atoms with Crippen LogP contribution in [0.3, 0.4) is 0 Å². The molecular weight excluding hydrogens is 306 g/mol. The first kappa shape index (κ1) is 16.5. The van der Waals surface area contributed by atoms with Gasteiger partial charge in [0.1, 0.15) is 0 Å². The first-order valence-electron chi connectivity index (χ1n) is 7.41. The molecule has 1 amide bonds. The summed E-state index contributed by atoms with van der Waals surface area (Å²) in [7, 11) is 0. The Morgan fingerprint density at radius 3 is 2.95 bits per heavy atom. The van der Waals surface area contributed by atoms with E-state index < -0.39 is 0 Å². The molecule has 1 aliphatic rings. The van der Waals surface area contributed by atoms with E-state index in [4.69, 9.17) is 11.6 Å². The lowest BCUT2D eigenvalue weighted by atomic mass is 9.98. The highest BCUT2D eigenvalue weighted by atomic mass is 35.5. The highest BCUT2D eigenvalue weighted by Gasteiger charge is 2.23. The van der Waals surface area contributed by atoms with Crippen molar-refractivity contribution in [3.63, 3.8) is 0 Å². The van der Waals surface area contributed by atoms with Crippen molar-refractivity contribution in [1.29, 1.82) is 0 Å². The molecule has 1 heterocycles. The molecule has 0 radical (unpaired) electrons. The first-order chi connectivity index (χ1) is 10.1. The predicted octanol–water partition coefficient (Wildman–Crippen LogP) is 3.86. The summed E-state index contributed by atoms with van der Waals surface area (Å²) in [5.74, 6) is 0.278. The van der Waals surface area contributed by atoms with Crippen LogP contribution in [0.25, 0.3) is 0 Å². The molecule has 0 bridgehead atoms. The lowest BCUT2D eigenvalue weighted by Gasteiger charge is -2.27. The van der Waals surface area contributed by atoms with Crippen LogP contribution in [0, 0.1) is 5.92 Å². The van der Waals surface area contributed by atoms with Gasteiger partial charge in [0.2, 0.25) is 5.91 Å². The summed E-state index contributed by atoms with van der Waals surface area (Å²) in [4.78, 5) is 13.9. The maximum atomic E-state index is 12.1. The van der Waals surface area contributed by atoms with E-state index in [-0.39, 0.29) is 12.0 Å². The Labute approximate surface area is 135 Å². The van der Waals surface area contributed by atoms with Gasteiger partial charge in [0.25, 0.3) is 0 Å². The molecule has 3 nitrogen and oxygen atoms in total. The van der Waals surface area contributed by atoms with Gasteiger partial charge in [0.15, 0.2) is 0 Å². The second-order valence-corrected chi connectivity index (χ2v) is 7.20. The number of carbonyl (C=O) groups is 1. The molecule has 21 heavy (non-hydrogen) atoms. The summed E-state index contributed by atoms with van der Waals surface area (Å²) in [6, 6.07) is 1.96. The number of hydrogen-bond donors (Lipinski definition) is 1. The van der Waals surface area contributed by atoms with E-state index in [0.29, 0.717) is 19.0 Å². The fourth-order valence-electron chi connectivity index (χ4n) is 2.91. The molecule has 5 heteroatoms. The number of halogens is 1. The van der Waals surface area contributed by atoms with Gasteiger partial charge in [0, 0.05) is 18.7 Å². The molecule has 0 aliphatic heterocycles. The number of rotatable bonds is 5. The Balaban J connectivity index is 2.03. The van der Waals surface area contributed by atoms with Crippen molar-refractivity contribution in [3.05, 3.63) is 34.0 Å². The predicted molar refractivity (Wildman–Crippen MR) is 87.5 cm³/mol. The average Bonchev–Trinajstić information content (AvgIpc) is 2.74. The number of thiophene rings is 1. The summed E-state index contributed by atoms with van der Waals surface area (Å²) in [5.41, 5.74) is 0.978. The summed E-state index contributed by atoms with van der Waals surface area (Å²) in [5, 5.41) is 11.9. The van der Waals surface area contributed by atoms with Crippen LogP contribution in [0.5, 0.6) is 0 Å². The van der Waals surface area contributed by atoms with Gasteiger partial charge in [0.05, 0.1) is 10.4 Å². The van der Waals surface area contributed by atoms with Gasteiger partial charge in [-0.05, 0) is 42.7 Å². The SMILES string of the molecule is C=CC(=O)N(Cc1ccsc1Cl)CC1CCCCC(O)C1. The van der Waals surface area contributed by atoms with Crippen molar-refractivity contribution in [2.45, 2.75) is 44.8 Å². The summed E-state index contributed by atoms with van der Waals surface area (Å²) >= 11 is 7.62. The molecule has 1 aromatic heterocycles. The van der Waals surface area contributed by atoms with Crippen LogP contribution in [0.2, 0.25) is 4.34 Å². The van der Waals surface area contributed by atoms with Crippen molar-refractivity contribution >= 4 is 28.8 Å². The van der Waals surface area contributed by atoms with Crippen LogP contribution in [-0.2, 0) is 11.3 Å². The molecule has 2 atom stereocenters. The second kappa shape index (κ2) is 7.97. The molecule has 116 valence electrons. The van der Waals surface area contributed by atoms with Crippen LogP contribution in [0.1, 0.15) is 37.7 Å². The molecule has 2 unspecified atom stereocenters. The van der Waals surface area contributed by atoms with E-state index in [1.165, 1.54) is 17.4 Å². The van der Waals surface area contributed by atoms with Gasteiger partial charge in [-0.2, -0.15) is 0 Å². The summed E-state index contributed by atoms with van der Waals surface area (Å²) in [6.07, 6.45) is 6.03. The van der Waals surface area contributed by atoms with E-state index >= 15 is 0 Å². The number of hydrogen-bond acceptors (Lipinski definition) is 3. The lowest BCUT2D eigenvalue weighted by Crippen LogP contribution is -2.34. The topological polar surface area (TPSA) is 40.5 Å². The second-order valence-electron chi connectivity index (χ2n) is 5.68. The van der Waals surface area contributed by atoms with E-state index in [1.54, 1.807) is 4.90 Å². The molecule has 0 spiro atoms. The number of aliphatic hydroxyl groups is 1. The Morgan fingerprint density at radius 2 is 2.29 bits per heavy atom. The number of carbonyl (C=O) groups excluding carboxylic acids is 1. The molecular formula is C16H22ClNO2S. The Kier molecular flexibility index (Phi) is 6.27. The van der Waals surface area contributed by atoms with E-state index in [1.807, 2.05) is 11.4 Å². The zero-order chi connectivity index (χ0) is 15.2.